The number of methoxy groups -OCH3 is 1. The van der Waals surface area contributed by atoms with Crippen LogP contribution in [0.1, 0.15) is 34.4 Å². The van der Waals surface area contributed by atoms with Crippen molar-refractivity contribution in [3.05, 3.63) is 101 Å². The van der Waals surface area contributed by atoms with Crippen LogP contribution in [0.5, 0.6) is 11.5 Å². The minimum absolute atomic E-state index is 0.182. The molecule has 3 aromatic carbocycles. The first-order chi connectivity index (χ1) is 16.7. The van der Waals surface area contributed by atoms with Crippen molar-refractivity contribution in [1.82, 2.24) is 14.8 Å². The van der Waals surface area contributed by atoms with Crippen LogP contribution in [-0.4, -0.2) is 28.1 Å². The van der Waals surface area contributed by atoms with Crippen molar-refractivity contribution in [2.24, 2.45) is 0 Å². The third-order valence-electron chi connectivity index (χ3n) is 6.42. The summed E-state index contributed by atoms with van der Waals surface area (Å²) in [6, 6.07) is 22.9. The van der Waals surface area contributed by atoms with E-state index < -0.39 is 0 Å². The van der Waals surface area contributed by atoms with Gasteiger partial charge in [0.2, 0.25) is 5.95 Å². The summed E-state index contributed by atoms with van der Waals surface area (Å²) in [5.74, 6) is 2.39. The molecule has 170 valence electrons. The Kier molecular flexibility index (Phi) is 5.07. The molecule has 1 aromatic heterocycles. The third kappa shape index (κ3) is 3.35. The largest absolute Gasteiger partial charge is 0.497 e. The Balaban J connectivity index is 1.59. The Bertz CT molecular complexity index is 1390. The molecule has 4 aromatic rings. The van der Waals surface area contributed by atoms with Crippen LogP contribution in [-0.2, 0) is 0 Å². The Morgan fingerprint density at radius 2 is 1.76 bits per heavy atom. The van der Waals surface area contributed by atoms with Crippen LogP contribution < -0.4 is 14.8 Å². The van der Waals surface area contributed by atoms with Crippen molar-refractivity contribution in [2.75, 3.05) is 18.7 Å². The first kappa shape index (κ1) is 20.9. The highest BCUT2D eigenvalue weighted by Gasteiger charge is 2.41. The normalized spacial score (nSPS) is 18.3. The van der Waals surface area contributed by atoms with Gasteiger partial charge in [-0.05, 0) is 60.7 Å². The number of thioether (sulfide) groups is 1. The Labute approximate surface area is 202 Å². The molecule has 34 heavy (non-hydrogen) atoms. The maximum Gasteiger partial charge on any atom is 0.226 e. The molecule has 0 aliphatic carbocycles. The molecule has 0 saturated carbocycles. The summed E-state index contributed by atoms with van der Waals surface area (Å²) >= 11 is 1.73. The van der Waals surface area contributed by atoms with Gasteiger partial charge < -0.3 is 14.8 Å². The summed E-state index contributed by atoms with van der Waals surface area (Å²) in [6.07, 6.45) is 3.40. The molecule has 6 rings (SSSR count). The molecule has 0 spiro atoms. The molecule has 6 nitrogen and oxygen atoms in total. The number of aromatic nitrogens is 3. The second kappa shape index (κ2) is 8.25. The van der Waals surface area contributed by atoms with Crippen molar-refractivity contribution in [3.63, 3.8) is 0 Å². The molecule has 7 heteroatoms. The maximum atomic E-state index is 6.71. The zero-order valence-electron chi connectivity index (χ0n) is 19.1. The summed E-state index contributed by atoms with van der Waals surface area (Å²) < 4.78 is 14.1. The van der Waals surface area contributed by atoms with E-state index in [1.54, 1.807) is 25.2 Å². The van der Waals surface area contributed by atoms with Crippen LogP contribution >= 0.6 is 11.8 Å². The van der Waals surface area contributed by atoms with Gasteiger partial charge in [-0.1, -0.05) is 35.9 Å². The lowest BCUT2D eigenvalue weighted by molar-refractivity contribution is 0.223. The first-order valence-electron chi connectivity index (χ1n) is 11.1. The molecule has 2 aliphatic heterocycles. The molecule has 0 saturated heterocycles. The maximum absolute atomic E-state index is 6.71. The minimum atomic E-state index is -0.280. The molecule has 1 N–H and O–H groups in total. The van der Waals surface area contributed by atoms with E-state index in [1.165, 1.54) is 10.5 Å². The summed E-state index contributed by atoms with van der Waals surface area (Å²) in [4.78, 5) is 5.73. The number of anilines is 1. The monoisotopic (exact) mass is 468 g/mol. The predicted octanol–water partition coefficient (Wildman–Crippen LogP) is 5.88. The van der Waals surface area contributed by atoms with Crippen molar-refractivity contribution in [2.45, 2.75) is 24.0 Å². The fourth-order valence-electron chi connectivity index (χ4n) is 4.74. The van der Waals surface area contributed by atoms with Crippen LogP contribution in [0.15, 0.2) is 83.5 Å². The highest BCUT2D eigenvalue weighted by atomic mass is 32.2. The van der Waals surface area contributed by atoms with Gasteiger partial charge in [-0.25, -0.2) is 4.68 Å². The van der Waals surface area contributed by atoms with Crippen LogP contribution in [0.4, 0.5) is 5.95 Å². The summed E-state index contributed by atoms with van der Waals surface area (Å²) in [5, 5.41) is 8.16. The number of rotatable bonds is 4. The standard InChI is InChI=1S/C27H24N4O2S/c1-16-4-13-22-21(14-16)24-23(26(33-22)18-7-11-20(34-3)12-8-18)25(31-27(30-24)28-15-29-31)17-5-9-19(32-2)10-6-17/h4-15,25-26H,1-3H3,(H,28,29,30). The number of nitrogens with one attached hydrogen (secondary N) is 1. The highest BCUT2D eigenvalue weighted by Crippen LogP contribution is 2.50. The van der Waals surface area contributed by atoms with Gasteiger partial charge >= 0.3 is 0 Å². The van der Waals surface area contributed by atoms with E-state index >= 15 is 0 Å². The average molecular weight is 469 g/mol. The number of hydrogen-bond donors (Lipinski definition) is 1. The summed E-state index contributed by atoms with van der Waals surface area (Å²) in [6.45, 7) is 2.10. The van der Waals surface area contributed by atoms with Crippen LogP contribution in [0.3, 0.4) is 0 Å². The molecule has 2 atom stereocenters. The fourth-order valence-corrected chi connectivity index (χ4v) is 5.15. The van der Waals surface area contributed by atoms with Gasteiger partial charge in [0, 0.05) is 16.0 Å². The number of fused-ring (bicyclic) bond motifs is 3. The lowest BCUT2D eigenvalue weighted by Crippen LogP contribution is -2.32. The van der Waals surface area contributed by atoms with Gasteiger partial charge in [-0.3, -0.25) is 0 Å². The van der Waals surface area contributed by atoms with E-state index in [0.717, 1.165) is 39.5 Å². The lowest BCUT2D eigenvalue weighted by Gasteiger charge is -2.39. The zero-order chi connectivity index (χ0) is 23.2. The Morgan fingerprint density at radius 1 is 1.00 bits per heavy atom. The van der Waals surface area contributed by atoms with Crippen LogP contribution in [0.25, 0.3) is 5.70 Å². The number of hydrogen-bond acceptors (Lipinski definition) is 6. The molecular weight excluding hydrogens is 444 g/mol. The van der Waals surface area contributed by atoms with Gasteiger partial charge in [-0.15, -0.1) is 11.8 Å². The lowest BCUT2D eigenvalue weighted by atomic mass is 9.84. The van der Waals surface area contributed by atoms with E-state index in [4.69, 9.17) is 9.47 Å². The molecule has 0 fully saturated rings. The van der Waals surface area contributed by atoms with E-state index in [0.29, 0.717) is 5.95 Å². The van der Waals surface area contributed by atoms with Gasteiger partial charge in [0.05, 0.1) is 12.8 Å². The number of aryl methyl sites for hydroxylation is 1. The Morgan fingerprint density at radius 3 is 2.50 bits per heavy atom. The quantitative estimate of drug-likeness (QED) is 0.378. The van der Waals surface area contributed by atoms with Gasteiger partial charge in [0.1, 0.15) is 30.0 Å². The predicted molar refractivity (Wildman–Crippen MR) is 134 cm³/mol. The number of ether oxygens (including phenoxy) is 2. The van der Waals surface area contributed by atoms with E-state index in [9.17, 15) is 0 Å². The van der Waals surface area contributed by atoms with Gasteiger partial charge in [0.15, 0.2) is 0 Å². The smallest absolute Gasteiger partial charge is 0.226 e. The summed E-state index contributed by atoms with van der Waals surface area (Å²) in [7, 11) is 1.68. The average Bonchev–Trinajstić information content (AvgIpc) is 3.35. The molecule has 3 heterocycles. The highest BCUT2D eigenvalue weighted by molar-refractivity contribution is 7.98. The third-order valence-corrected chi connectivity index (χ3v) is 7.16. The van der Waals surface area contributed by atoms with Crippen LogP contribution in [0, 0.1) is 6.92 Å². The van der Waals surface area contributed by atoms with Crippen molar-refractivity contribution < 1.29 is 9.47 Å². The number of benzene rings is 3. The van der Waals surface area contributed by atoms with Crippen LogP contribution in [0.2, 0.25) is 0 Å². The minimum Gasteiger partial charge on any atom is -0.497 e. The van der Waals surface area contributed by atoms with Gasteiger partial charge in [-0.2, -0.15) is 10.1 Å². The van der Waals surface area contributed by atoms with E-state index in [-0.39, 0.29) is 12.1 Å². The van der Waals surface area contributed by atoms with E-state index in [2.05, 4.69) is 83.2 Å². The molecule has 0 bridgehead atoms. The van der Waals surface area contributed by atoms with Crippen molar-refractivity contribution in [1.29, 1.82) is 0 Å². The first-order valence-corrected chi connectivity index (χ1v) is 12.3. The second-order valence-electron chi connectivity index (χ2n) is 8.43. The van der Waals surface area contributed by atoms with E-state index in [1.807, 2.05) is 16.8 Å². The van der Waals surface area contributed by atoms with Gasteiger partial charge in [0.25, 0.3) is 0 Å². The topological polar surface area (TPSA) is 61.2 Å². The van der Waals surface area contributed by atoms with Crippen molar-refractivity contribution >= 4 is 23.4 Å². The molecule has 0 radical (unpaired) electrons. The molecule has 2 aliphatic rings. The molecule has 2 unspecified atom stereocenters. The van der Waals surface area contributed by atoms with Crippen molar-refractivity contribution in [3.8, 4) is 11.5 Å². The Hall–Kier alpha value is -3.71. The number of nitrogens with zero attached hydrogens (tertiary/aromatic N) is 3. The molecular formula is C27H24N4O2S. The zero-order valence-corrected chi connectivity index (χ0v) is 20.0. The second-order valence-corrected chi connectivity index (χ2v) is 9.31. The SMILES string of the molecule is COc1ccc(C2C3=C(Nc4ncnn42)c2cc(C)ccc2OC3c2ccc(SC)cc2)cc1. The summed E-state index contributed by atoms with van der Waals surface area (Å²) in [5.41, 5.74) is 6.54. The molecule has 0 amide bonds. The fraction of sp³-hybridized carbons (Fsp3) is 0.185.